The average molecular weight is 234 g/mol. The van der Waals surface area contributed by atoms with E-state index in [1.807, 2.05) is 6.92 Å². The monoisotopic (exact) mass is 234 g/mol. The summed E-state index contributed by atoms with van der Waals surface area (Å²) < 4.78 is 0. The number of hydrogen-bond donors (Lipinski definition) is 3. The summed E-state index contributed by atoms with van der Waals surface area (Å²) >= 11 is 0. The molecule has 0 aliphatic heterocycles. The minimum Gasteiger partial charge on any atom is -0.396 e. The first-order chi connectivity index (χ1) is 8.22. The molecule has 0 unspecified atom stereocenters. The molecule has 0 aromatic rings. The Labute approximate surface area is 102 Å². The van der Waals surface area contributed by atoms with Gasteiger partial charge in [0.25, 0.3) is 0 Å². The third-order valence-electron chi connectivity index (χ3n) is 1.79. The van der Waals surface area contributed by atoms with E-state index in [0.29, 0.717) is 12.8 Å². The van der Waals surface area contributed by atoms with Crippen molar-refractivity contribution in [3.8, 4) is 23.7 Å². The van der Waals surface area contributed by atoms with Gasteiger partial charge in [0.05, 0.1) is 0 Å². The summed E-state index contributed by atoms with van der Waals surface area (Å²) in [6.07, 6.45) is 5.74. The number of aliphatic hydroxyl groups excluding tert-OH is 3. The van der Waals surface area contributed by atoms with Crippen molar-refractivity contribution in [1.82, 2.24) is 0 Å². The third kappa shape index (κ3) is 9.41. The Balaban J connectivity index is 4.09. The molecular formula is C14H18O3. The average Bonchev–Trinajstić information content (AvgIpc) is 2.34. The quantitative estimate of drug-likeness (QED) is 0.371. The van der Waals surface area contributed by atoms with Crippen LogP contribution in [0.25, 0.3) is 0 Å². The van der Waals surface area contributed by atoms with E-state index in [0.717, 1.165) is 0 Å². The minimum absolute atomic E-state index is 0.114. The number of hydrogen-bond acceptors (Lipinski definition) is 3. The lowest BCUT2D eigenvalue weighted by atomic mass is 10.1. The maximum atomic E-state index is 9.46. The van der Waals surface area contributed by atoms with E-state index in [4.69, 9.17) is 5.11 Å². The predicted molar refractivity (Wildman–Crippen MR) is 67.8 cm³/mol. The van der Waals surface area contributed by atoms with Crippen molar-refractivity contribution in [2.45, 2.75) is 32.0 Å². The summed E-state index contributed by atoms with van der Waals surface area (Å²) in [7, 11) is 0. The maximum Gasteiger partial charge on any atom is 0.145 e. The van der Waals surface area contributed by atoms with E-state index < -0.39 is 12.2 Å². The molecule has 0 rings (SSSR count). The largest absolute Gasteiger partial charge is 0.396 e. The van der Waals surface area contributed by atoms with Gasteiger partial charge in [-0.15, -0.1) is 0 Å². The Morgan fingerprint density at radius 3 is 2.65 bits per heavy atom. The van der Waals surface area contributed by atoms with E-state index >= 15 is 0 Å². The summed E-state index contributed by atoms with van der Waals surface area (Å²) in [6.45, 7) is 1.96. The zero-order chi connectivity index (χ0) is 12.9. The van der Waals surface area contributed by atoms with E-state index in [2.05, 4.69) is 23.7 Å². The van der Waals surface area contributed by atoms with Gasteiger partial charge in [-0.05, 0) is 37.7 Å². The highest BCUT2D eigenvalue weighted by Gasteiger charge is 2.08. The molecule has 0 aliphatic carbocycles. The summed E-state index contributed by atoms with van der Waals surface area (Å²) in [5, 5.41) is 27.4. The molecule has 3 N–H and O–H groups in total. The molecule has 92 valence electrons. The van der Waals surface area contributed by atoms with Gasteiger partial charge in [0.2, 0.25) is 0 Å². The second-order valence-corrected chi connectivity index (χ2v) is 3.27. The molecule has 0 saturated carbocycles. The molecule has 0 radical (unpaired) electrons. The molecule has 3 nitrogen and oxygen atoms in total. The minimum atomic E-state index is -1.14. The van der Waals surface area contributed by atoms with Crippen LogP contribution in [-0.4, -0.2) is 34.1 Å². The second kappa shape index (κ2) is 11.0. The Hall–Kier alpha value is -1.52. The fraction of sp³-hybridized carbons (Fsp3) is 0.429. The highest BCUT2D eigenvalue weighted by Crippen LogP contribution is 1.97. The Bertz CT molecular complexity index is 360. The SMILES string of the molecule is C/C=C/C#CC#C[C@@H](O)[C@H](O)/C=C/CCCO. The van der Waals surface area contributed by atoms with Gasteiger partial charge < -0.3 is 15.3 Å². The van der Waals surface area contributed by atoms with Crippen molar-refractivity contribution in [3.05, 3.63) is 24.3 Å². The van der Waals surface area contributed by atoms with Crippen LogP contribution in [0.5, 0.6) is 0 Å². The molecule has 0 saturated heterocycles. The molecule has 2 atom stereocenters. The summed E-state index contributed by atoms with van der Waals surface area (Å²) in [4.78, 5) is 0. The molecule has 0 aromatic heterocycles. The smallest absolute Gasteiger partial charge is 0.145 e. The molecule has 3 heteroatoms. The molecule has 0 amide bonds. The highest BCUT2D eigenvalue weighted by molar-refractivity contribution is 5.32. The summed E-state index contributed by atoms with van der Waals surface area (Å²) in [5.74, 6) is 10.1. The normalized spacial score (nSPS) is 13.9. The first-order valence-corrected chi connectivity index (χ1v) is 5.48. The fourth-order valence-corrected chi connectivity index (χ4v) is 0.907. The lowest BCUT2D eigenvalue weighted by Gasteiger charge is -2.06. The van der Waals surface area contributed by atoms with Gasteiger partial charge in [0.15, 0.2) is 0 Å². The van der Waals surface area contributed by atoms with Crippen LogP contribution >= 0.6 is 0 Å². The Morgan fingerprint density at radius 1 is 1.24 bits per heavy atom. The van der Waals surface area contributed by atoms with Gasteiger partial charge >= 0.3 is 0 Å². The second-order valence-electron chi connectivity index (χ2n) is 3.27. The van der Waals surface area contributed by atoms with Crippen molar-refractivity contribution in [1.29, 1.82) is 0 Å². The topological polar surface area (TPSA) is 60.7 Å². The van der Waals surface area contributed by atoms with Crippen molar-refractivity contribution in [3.63, 3.8) is 0 Å². The molecular weight excluding hydrogens is 216 g/mol. The summed E-state index contributed by atoms with van der Waals surface area (Å²) in [6, 6.07) is 0. The van der Waals surface area contributed by atoms with Crippen LogP contribution < -0.4 is 0 Å². The molecule has 0 fully saturated rings. The van der Waals surface area contributed by atoms with E-state index in [1.54, 1.807) is 18.2 Å². The molecule has 0 bridgehead atoms. The lowest BCUT2D eigenvalue weighted by molar-refractivity contribution is 0.0868. The third-order valence-corrected chi connectivity index (χ3v) is 1.79. The Morgan fingerprint density at radius 2 is 2.00 bits per heavy atom. The molecule has 0 spiro atoms. The predicted octanol–water partition coefficient (Wildman–Crippen LogP) is 0.620. The molecule has 17 heavy (non-hydrogen) atoms. The van der Waals surface area contributed by atoms with Crippen LogP contribution in [0.2, 0.25) is 0 Å². The number of aliphatic hydroxyl groups is 3. The van der Waals surface area contributed by atoms with Crippen LogP contribution in [0.15, 0.2) is 24.3 Å². The number of rotatable bonds is 5. The van der Waals surface area contributed by atoms with Gasteiger partial charge in [0.1, 0.15) is 12.2 Å². The van der Waals surface area contributed by atoms with Crippen molar-refractivity contribution < 1.29 is 15.3 Å². The first-order valence-electron chi connectivity index (χ1n) is 5.48. The molecule has 0 aromatic carbocycles. The maximum absolute atomic E-state index is 9.46. The zero-order valence-corrected chi connectivity index (χ0v) is 9.93. The standard InChI is InChI=1S/C14H18O3/c1-2-3-4-5-7-10-13(16)14(17)11-8-6-9-12-15/h2-3,8,11,13-17H,6,9,12H2,1H3/b3-2+,11-8+/t13-,14-/m1/s1. The van der Waals surface area contributed by atoms with Crippen molar-refractivity contribution in [2.75, 3.05) is 6.61 Å². The van der Waals surface area contributed by atoms with E-state index in [1.165, 1.54) is 6.08 Å². The summed E-state index contributed by atoms with van der Waals surface area (Å²) in [5.41, 5.74) is 0. The van der Waals surface area contributed by atoms with Gasteiger partial charge in [-0.2, -0.15) is 0 Å². The van der Waals surface area contributed by atoms with Crippen LogP contribution in [0.4, 0.5) is 0 Å². The van der Waals surface area contributed by atoms with Gasteiger partial charge in [-0.25, -0.2) is 0 Å². The fourth-order valence-electron chi connectivity index (χ4n) is 0.907. The van der Waals surface area contributed by atoms with E-state index in [-0.39, 0.29) is 6.61 Å². The highest BCUT2D eigenvalue weighted by atomic mass is 16.3. The van der Waals surface area contributed by atoms with Gasteiger partial charge in [-0.1, -0.05) is 30.1 Å². The zero-order valence-electron chi connectivity index (χ0n) is 9.93. The molecule has 0 heterocycles. The molecule has 0 aliphatic rings. The lowest BCUT2D eigenvalue weighted by Crippen LogP contribution is -2.21. The van der Waals surface area contributed by atoms with E-state index in [9.17, 15) is 10.2 Å². The van der Waals surface area contributed by atoms with Gasteiger partial charge in [-0.3, -0.25) is 0 Å². The van der Waals surface area contributed by atoms with Crippen molar-refractivity contribution in [2.24, 2.45) is 0 Å². The van der Waals surface area contributed by atoms with Crippen LogP contribution in [0.3, 0.4) is 0 Å². The van der Waals surface area contributed by atoms with Crippen LogP contribution in [0, 0.1) is 23.7 Å². The van der Waals surface area contributed by atoms with Crippen LogP contribution in [0.1, 0.15) is 19.8 Å². The van der Waals surface area contributed by atoms with Crippen molar-refractivity contribution >= 4 is 0 Å². The Kier molecular flexibility index (Phi) is 10.00. The first kappa shape index (κ1) is 15.5. The number of allylic oxidation sites excluding steroid dienone is 3. The van der Waals surface area contributed by atoms with Gasteiger partial charge in [0, 0.05) is 6.61 Å². The van der Waals surface area contributed by atoms with Crippen LogP contribution in [-0.2, 0) is 0 Å². The number of unbranched alkanes of at least 4 members (excludes halogenated alkanes) is 1.